The Hall–Kier alpha value is -1.80. The van der Waals surface area contributed by atoms with Crippen molar-refractivity contribution in [3.05, 3.63) is 30.4 Å². The van der Waals surface area contributed by atoms with Crippen LogP contribution in [0.25, 0.3) is 11.4 Å². The van der Waals surface area contributed by atoms with Crippen LogP contribution in [0.15, 0.2) is 24.7 Å². The molecular weight excluding hydrogens is 314 g/mol. The maximum absolute atomic E-state index is 11.7. The first kappa shape index (κ1) is 16.1. The summed E-state index contributed by atoms with van der Waals surface area (Å²) < 4.78 is 26.8. The molecule has 1 fully saturated rings. The van der Waals surface area contributed by atoms with Gasteiger partial charge in [-0.2, -0.15) is 5.10 Å². The molecule has 0 aromatic carbocycles. The maximum Gasteiger partial charge on any atom is 0.211 e. The minimum atomic E-state index is -3.10. The van der Waals surface area contributed by atoms with E-state index >= 15 is 0 Å². The van der Waals surface area contributed by atoms with Gasteiger partial charge in [0.25, 0.3) is 0 Å². The van der Waals surface area contributed by atoms with Gasteiger partial charge in [0, 0.05) is 20.1 Å². The SMILES string of the molecule is Cn1cncc1-c1ccc(C[C@@H]2CCCN(S(C)(=O)=O)C2)nn1. The van der Waals surface area contributed by atoms with Crippen molar-refractivity contribution in [2.45, 2.75) is 19.3 Å². The molecule has 0 bridgehead atoms. The molecule has 0 radical (unpaired) electrons. The van der Waals surface area contributed by atoms with Crippen molar-refractivity contribution in [1.82, 2.24) is 24.1 Å². The van der Waals surface area contributed by atoms with E-state index in [0.29, 0.717) is 19.0 Å². The zero-order chi connectivity index (χ0) is 16.4. The Labute approximate surface area is 136 Å². The van der Waals surface area contributed by atoms with Crippen molar-refractivity contribution in [2.24, 2.45) is 13.0 Å². The van der Waals surface area contributed by atoms with Crippen LogP contribution >= 0.6 is 0 Å². The smallest absolute Gasteiger partial charge is 0.211 e. The third kappa shape index (κ3) is 3.76. The minimum absolute atomic E-state index is 0.301. The van der Waals surface area contributed by atoms with Crippen molar-refractivity contribution in [3.63, 3.8) is 0 Å². The summed E-state index contributed by atoms with van der Waals surface area (Å²) in [4.78, 5) is 4.08. The highest BCUT2D eigenvalue weighted by Gasteiger charge is 2.26. The molecular formula is C15H21N5O2S. The standard InChI is InChI=1S/C15H21N5O2S/c1-19-11-16-9-15(19)14-6-5-13(17-18-14)8-12-4-3-7-20(10-12)23(2,21)22/h5-6,9,11-12H,3-4,7-8,10H2,1-2H3/t12-/m0/s1. The van der Waals surface area contributed by atoms with Crippen LogP contribution in [0.5, 0.6) is 0 Å². The number of nitrogens with zero attached hydrogens (tertiary/aromatic N) is 5. The van der Waals surface area contributed by atoms with Gasteiger partial charge in [-0.3, -0.25) is 0 Å². The fourth-order valence-corrected chi connectivity index (χ4v) is 3.94. The van der Waals surface area contributed by atoms with Gasteiger partial charge in [-0.25, -0.2) is 17.7 Å². The number of aromatic nitrogens is 4. The molecule has 8 heteroatoms. The number of piperidine rings is 1. The third-order valence-electron chi connectivity index (χ3n) is 4.25. The predicted molar refractivity (Wildman–Crippen MR) is 87.1 cm³/mol. The van der Waals surface area contributed by atoms with Gasteiger partial charge in [0.15, 0.2) is 0 Å². The van der Waals surface area contributed by atoms with Crippen molar-refractivity contribution >= 4 is 10.0 Å². The second-order valence-corrected chi connectivity index (χ2v) is 8.12. The fourth-order valence-electron chi connectivity index (χ4n) is 3.00. The fraction of sp³-hybridized carbons (Fsp3) is 0.533. The molecule has 0 spiro atoms. The molecule has 3 rings (SSSR count). The minimum Gasteiger partial charge on any atom is -0.332 e. The normalized spacial score (nSPS) is 19.8. The lowest BCUT2D eigenvalue weighted by Crippen LogP contribution is -2.39. The Bertz CT molecular complexity index is 769. The van der Waals surface area contributed by atoms with Crippen molar-refractivity contribution < 1.29 is 8.42 Å². The first-order chi connectivity index (χ1) is 10.9. The lowest BCUT2D eigenvalue weighted by Gasteiger charge is -2.30. The molecule has 0 aliphatic carbocycles. The number of hydrogen-bond donors (Lipinski definition) is 0. The van der Waals surface area contributed by atoms with E-state index < -0.39 is 10.0 Å². The van der Waals surface area contributed by atoms with E-state index in [0.717, 1.165) is 36.3 Å². The van der Waals surface area contributed by atoms with Gasteiger partial charge < -0.3 is 4.57 Å². The molecule has 7 nitrogen and oxygen atoms in total. The zero-order valence-corrected chi connectivity index (χ0v) is 14.2. The summed E-state index contributed by atoms with van der Waals surface area (Å²) in [5.74, 6) is 0.301. The number of sulfonamides is 1. The molecule has 0 unspecified atom stereocenters. The summed E-state index contributed by atoms with van der Waals surface area (Å²) in [5, 5.41) is 8.57. The molecule has 1 aliphatic rings. The summed E-state index contributed by atoms with van der Waals surface area (Å²) in [6, 6.07) is 3.91. The Balaban J connectivity index is 1.68. The van der Waals surface area contributed by atoms with E-state index in [1.165, 1.54) is 6.26 Å². The van der Waals surface area contributed by atoms with Gasteiger partial charge in [0.05, 0.1) is 30.2 Å². The highest BCUT2D eigenvalue weighted by Crippen LogP contribution is 2.22. The molecule has 1 saturated heterocycles. The second kappa shape index (κ2) is 6.37. The molecule has 2 aromatic rings. The molecule has 0 N–H and O–H groups in total. The lowest BCUT2D eigenvalue weighted by molar-refractivity contribution is 0.265. The Morgan fingerprint density at radius 2 is 2.13 bits per heavy atom. The third-order valence-corrected chi connectivity index (χ3v) is 5.52. The zero-order valence-electron chi connectivity index (χ0n) is 13.4. The number of aryl methyl sites for hydroxylation is 1. The Kier molecular flexibility index (Phi) is 4.45. The highest BCUT2D eigenvalue weighted by molar-refractivity contribution is 7.88. The number of rotatable bonds is 4. The largest absolute Gasteiger partial charge is 0.332 e. The predicted octanol–water partition coefficient (Wildman–Crippen LogP) is 1.09. The summed E-state index contributed by atoms with van der Waals surface area (Å²) in [6.45, 7) is 1.20. The van der Waals surface area contributed by atoms with E-state index in [4.69, 9.17) is 0 Å². The molecule has 124 valence electrons. The maximum atomic E-state index is 11.7. The average molecular weight is 335 g/mol. The van der Waals surface area contributed by atoms with E-state index in [9.17, 15) is 8.42 Å². The van der Waals surface area contributed by atoms with E-state index in [1.807, 2.05) is 23.7 Å². The lowest BCUT2D eigenvalue weighted by atomic mass is 9.94. The molecule has 0 amide bonds. The molecule has 23 heavy (non-hydrogen) atoms. The van der Waals surface area contributed by atoms with Crippen LogP contribution in [0.3, 0.4) is 0 Å². The monoisotopic (exact) mass is 335 g/mol. The molecule has 0 saturated carbocycles. The van der Waals surface area contributed by atoms with Crippen molar-refractivity contribution in [1.29, 1.82) is 0 Å². The highest BCUT2D eigenvalue weighted by atomic mass is 32.2. The number of hydrogen-bond acceptors (Lipinski definition) is 5. The molecule has 1 atom stereocenters. The molecule has 2 aromatic heterocycles. The van der Waals surface area contributed by atoms with E-state index in [2.05, 4.69) is 15.2 Å². The van der Waals surface area contributed by atoms with Gasteiger partial charge in [-0.15, -0.1) is 5.10 Å². The van der Waals surface area contributed by atoms with Crippen LogP contribution in [-0.2, 0) is 23.5 Å². The topological polar surface area (TPSA) is 81.0 Å². The van der Waals surface area contributed by atoms with E-state index in [-0.39, 0.29) is 0 Å². The Morgan fingerprint density at radius 3 is 2.74 bits per heavy atom. The second-order valence-electron chi connectivity index (χ2n) is 6.13. The Morgan fingerprint density at radius 1 is 1.30 bits per heavy atom. The summed E-state index contributed by atoms with van der Waals surface area (Å²) in [7, 11) is -1.19. The van der Waals surface area contributed by atoms with E-state index in [1.54, 1.807) is 16.8 Å². The van der Waals surface area contributed by atoms with Crippen LogP contribution in [-0.4, -0.2) is 51.8 Å². The summed E-state index contributed by atoms with van der Waals surface area (Å²) in [6.07, 6.45) is 7.44. The van der Waals surface area contributed by atoms with Crippen LogP contribution in [0.4, 0.5) is 0 Å². The van der Waals surface area contributed by atoms with Crippen LogP contribution < -0.4 is 0 Å². The van der Waals surface area contributed by atoms with Gasteiger partial charge in [0.2, 0.25) is 10.0 Å². The molecule has 1 aliphatic heterocycles. The first-order valence-electron chi connectivity index (χ1n) is 7.68. The molecule has 3 heterocycles. The van der Waals surface area contributed by atoms with Gasteiger partial charge in [0.1, 0.15) is 5.69 Å². The summed E-state index contributed by atoms with van der Waals surface area (Å²) >= 11 is 0. The van der Waals surface area contributed by atoms with Crippen LogP contribution in [0.1, 0.15) is 18.5 Å². The van der Waals surface area contributed by atoms with Crippen LogP contribution in [0.2, 0.25) is 0 Å². The van der Waals surface area contributed by atoms with Gasteiger partial charge in [-0.05, 0) is 37.3 Å². The van der Waals surface area contributed by atoms with Crippen molar-refractivity contribution in [2.75, 3.05) is 19.3 Å². The summed E-state index contributed by atoms with van der Waals surface area (Å²) in [5.41, 5.74) is 2.61. The number of imidazole rings is 1. The van der Waals surface area contributed by atoms with Gasteiger partial charge >= 0.3 is 0 Å². The average Bonchev–Trinajstić information content (AvgIpc) is 2.94. The van der Waals surface area contributed by atoms with Crippen molar-refractivity contribution in [3.8, 4) is 11.4 Å². The van der Waals surface area contributed by atoms with Crippen LogP contribution in [0, 0.1) is 5.92 Å². The first-order valence-corrected chi connectivity index (χ1v) is 9.53. The quantitative estimate of drug-likeness (QED) is 0.835. The van der Waals surface area contributed by atoms with Gasteiger partial charge in [-0.1, -0.05) is 0 Å².